The molecule has 2 atom stereocenters. The molecule has 0 heterocycles. The van der Waals surface area contributed by atoms with Gasteiger partial charge in [-0.1, -0.05) is 95.4 Å². The first-order chi connectivity index (χ1) is 13.9. The van der Waals surface area contributed by atoms with Crippen molar-refractivity contribution in [1.82, 2.24) is 0 Å². The van der Waals surface area contributed by atoms with E-state index in [0.29, 0.717) is 6.04 Å². The lowest BCUT2D eigenvalue weighted by molar-refractivity contribution is 0.510. The topological polar surface area (TPSA) is 12.4 Å². The lowest BCUT2D eigenvalue weighted by Gasteiger charge is -2.09. The molecule has 29 heavy (non-hydrogen) atoms. The second-order valence-corrected chi connectivity index (χ2v) is 9.54. The summed E-state index contributed by atoms with van der Waals surface area (Å²) < 4.78 is 0. The second-order valence-electron chi connectivity index (χ2n) is 9.54. The molecule has 0 bridgehead atoms. The van der Waals surface area contributed by atoms with E-state index in [1.165, 1.54) is 88.3 Å². The Labute approximate surface area is 184 Å². The molecule has 0 aromatic heterocycles. The molecule has 0 radical (unpaired) electrons. The average Bonchev–Trinajstić information content (AvgIpc) is 2.69. The molecule has 0 aromatic carbocycles. The fourth-order valence-corrected chi connectivity index (χ4v) is 3.75. The molecule has 0 aliphatic heterocycles. The first-order valence-corrected chi connectivity index (χ1v) is 12.7. The smallest absolute Gasteiger partial charge is 0.0470 e. The molecule has 0 saturated heterocycles. The SMILES string of the molecule is CCCCCCCC(C)N=C(C)CC/C(C)=C/CC/C(C)=C/CC(C)CCCC. The molecular weight excluding hydrogens is 350 g/mol. The number of rotatable bonds is 18. The summed E-state index contributed by atoms with van der Waals surface area (Å²) in [5.41, 5.74) is 4.41. The molecule has 0 amide bonds. The first kappa shape index (κ1) is 28.1. The van der Waals surface area contributed by atoms with Crippen LogP contribution in [0.3, 0.4) is 0 Å². The standard InChI is InChI=1S/C28H53N/c1-8-10-12-13-14-19-27(6)29-28(7)23-22-26(5)18-15-17-25(4)21-20-24(3)16-11-9-2/h18,21,24,27H,8-17,19-20,22-23H2,1-7H3/b25-21+,26-18+,29-28?. The van der Waals surface area contributed by atoms with Gasteiger partial charge in [-0.2, -0.15) is 0 Å². The van der Waals surface area contributed by atoms with Crippen LogP contribution in [0.4, 0.5) is 0 Å². The summed E-state index contributed by atoms with van der Waals surface area (Å²) in [6, 6.07) is 0.494. The van der Waals surface area contributed by atoms with Crippen LogP contribution >= 0.6 is 0 Å². The van der Waals surface area contributed by atoms with Crippen molar-refractivity contribution >= 4 is 5.71 Å². The van der Waals surface area contributed by atoms with Gasteiger partial charge in [0.25, 0.3) is 0 Å². The van der Waals surface area contributed by atoms with Crippen LogP contribution in [0, 0.1) is 5.92 Å². The lowest BCUT2D eigenvalue weighted by Crippen LogP contribution is -2.03. The van der Waals surface area contributed by atoms with E-state index in [-0.39, 0.29) is 0 Å². The maximum atomic E-state index is 4.92. The highest BCUT2D eigenvalue weighted by Gasteiger charge is 2.02. The fraction of sp³-hybridized carbons (Fsp3) is 0.821. The molecule has 2 unspecified atom stereocenters. The van der Waals surface area contributed by atoms with Gasteiger partial charge < -0.3 is 0 Å². The van der Waals surface area contributed by atoms with Crippen molar-refractivity contribution in [2.45, 2.75) is 144 Å². The number of hydrogen-bond acceptors (Lipinski definition) is 1. The normalized spacial score (nSPS) is 15.6. The Morgan fingerprint density at radius 3 is 2.07 bits per heavy atom. The number of hydrogen-bond donors (Lipinski definition) is 0. The van der Waals surface area contributed by atoms with E-state index in [9.17, 15) is 0 Å². The largest absolute Gasteiger partial charge is 0.291 e. The minimum Gasteiger partial charge on any atom is -0.291 e. The predicted molar refractivity (Wildman–Crippen MR) is 135 cm³/mol. The average molecular weight is 404 g/mol. The Morgan fingerprint density at radius 1 is 0.724 bits per heavy atom. The third kappa shape index (κ3) is 18.9. The Morgan fingerprint density at radius 2 is 1.38 bits per heavy atom. The van der Waals surface area contributed by atoms with E-state index >= 15 is 0 Å². The summed E-state index contributed by atoms with van der Waals surface area (Å²) in [6.45, 7) is 16.0. The van der Waals surface area contributed by atoms with Crippen LogP contribution in [0.15, 0.2) is 28.3 Å². The third-order valence-corrected chi connectivity index (χ3v) is 6.00. The molecule has 0 aromatic rings. The van der Waals surface area contributed by atoms with Gasteiger partial charge in [0.1, 0.15) is 0 Å². The van der Waals surface area contributed by atoms with Crippen molar-refractivity contribution in [2.24, 2.45) is 10.9 Å². The summed E-state index contributed by atoms with van der Waals surface area (Å²) in [4.78, 5) is 4.92. The summed E-state index contributed by atoms with van der Waals surface area (Å²) in [7, 11) is 0. The van der Waals surface area contributed by atoms with E-state index in [1.807, 2.05) is 0 Å². The maximum absolute atomic E-state index is 4.92. The molecule has 0 saturated carbocycles. The number of aliphatic imine (C=N–C) groups is 1. The van der Waals surface area contributed by atoms with Crippen molar-refractivity contribution in [1.29, 1.82) is 0 Å². The van der Waals surface area contributed by atoms with Crippen LogP contribution in [0.25, 0.3) is 0 Å². The second kappa shape index (κ2) is 19.1. The van der Waals surface area contributed by atoms with Crippen molar-refractivity contribution < 1.29 is 0 Å². The van der Waals surface area contributed by atoms with E-state index < -0.39 is 0 Å². The Balaban J connectivity index is 4.04. The van der Waals surface area contributed by atoms with Crippen LogP contribution in [0.2, 0.25) is 0 Å². The highest BCUT2D eigenvalue weighted by atomic mass is 14.8. The molecule has 0 fully saturated rings. The monoisotopic (exact) mass is 403 g/mol. The zero-order valence-corrected chi connectivity index (χ0v) is 21.2. The van der Waals surface area contributed by atoms with Gasteiger partial charge in [-0.3, -0.25) is 4.99 Å². The summed E-state index contributed by atoms with van der Waals surface area (Å²) >= 11 is 0. The predicted octanol–water partition coefficient (Wildman–Crippen LogP) is 9.87. The van der Waals surface area contributed by atoms with Crippen molar-refractivity contribution in [3.63, 3.8) is 0 Å². The van der Waals surface area contributed by atoms with E-state index in [0.717, 1.165) is 18.8 Å². The van der Waals surface area contributed by atoms with Crippen molar-refractivity contribution in [3.8, 4) is 0 Å². The van der Waals surface area contributed by atoms with E-state index in [2.05, 4.69) is 60.6 Å². The molecule has 170 valence electrons. The maximum Gasteiger partial charge on any atom is 0.0470 e. The highest BCUT2D eigenvalue weighted by Crippen LogP contribution is 2.16. The van der Waals surface area contributed by atoms with E-state index in [4.69, 9.17) is 4.99 Å². The minimum atomic E-state index is 0.494. The highest BCUT2D eigenvalue weighted by molar-refractivity contribution is 5.82. The Hall–Kier alpha value is -0.850. The van der Waals surface area contributed by atoms with Crippen molar-refractivity contribution in [2.75, 3.05) is 0 Å². The lowest BCUT2D eigenvalue weighted by atomic mass is 9.98. The zero-order valence-electron chi connectivity index (χ0n) is 21.2. The Kier molecular flexibility index (Phi) is 18.6. The number of unbranched alkanes of at least 4 members (excludes halogenated alkanes) is 5. The molecule has 1 nitrogen and oxygen atoms in total. The summed E-state index contributed by atoms with van der Waals surface area (Å²) in [5, 5.41) is 0. The number of nitrogens with zero attached hydrogens (tertiary/aromatic N) is 1. The van der Waals surface area contributed by atoms with Gasteiger partial charge in [0.15, 0.2) is 0 Å². The van der Waals surface area contributed by atoms with Gasteiger partial charge in [-0.25, -0.2) is 0 Å². The van der Waals surface area contributed by atoms with Gasteiger partial charge in [-0.15, -0.1) is 0 Å². The summed E-state index contributed by atoms with van der Waals surface area (Å²) in [5.74, 6) is 0.836. The zero-order chi connectivity index (χ0) is 21.9. The van der Waals surface area contributed by atoms with Crippen LogP contribution in [0.1, 0.15) is 138 Å². The summed E-state index contributed by atoms with van der Waals surface area (Å²) in [6.07, 6.45) is 23.0. The Bertz CT molecular complexity index is 469. The van der Waals surface area contributed by atoms with Crippen molar-refractivity contribution in [3.05, 3.63) is 23.3 Å². The van der Waals surface area contributed by atoms with Crippen LogP contribution < -0.4 is 0 Å². The van der Waals surface area contributed by atoms with Gasteiger partial charge >= 0.3 is 0 Å². The molecule has 1 heteroatoms. The van der Waals surface area contributed by atoms with Crippen LogP contribution in [-0.2, 0) is 0 Å². The van der Waals surface area contributed by atoms with Gasteiger partial charge in [0.2, 0.25) is 0 Å². The fourth-order valence-electron chi connectivity index (χ4n) is 3.75. The van der Waals surface area contributed by atoms with Gasteiger partial charge in [-0.05, 0) is 72.1 Å². The molecule has 0 spiro atoms. The number of allylic oxidation sites excluding steroid dienone is 4. The van der Waals surface area contributed by atoms with Gasteiger partial charge in [0.05, 0.1) is 0 Å². The van der Waals surface area contributed by atoms with Crippen LogP contribution in [0.5, 0.6) is 0 Å². The quantitative estimate of drug-likeness (QED) is 0.123. The van der Waals surface area contributed by atoms with Gasteiger partial charge in [0, 0.05) is 11.8 Å². The molecule has 0 N–H and O–H groups in total. The molecule has 0 rings (SSSR count). The molecule has 0 aliphatic rings. The molecule has 0 aliphatic carbocycles. The molecular formula is C28H53N. The third-order valence-electron chi connectivity index (χ3n) is 6.00. The first-order valence-electron chi connectivity index (χ1n) is 12.7. The van der Waals surface area contributed by atoms with Crippen LogP contribution in [-0.4, -0.2) is 11.8 Å². The minimum absolute atomic E-state index is 0.494. The van der Waals surface area contributed by atoms with E-state index in [1.54, 1.807) is 5.57 Å².